The van der Waals surface area contributed by atoms with E-state index in [1.54, 1.807) is 6.92 Å². The Bertz CT molecular complexity index is 252. The Morgan fingerprint density at radius 3 is 2.40 bits per heavy atom. The van der Waals surface area contributed by atoms with Crippen LogP contribution in [0.5, 0.6) is 0 Å². The van der Waals surface area contributed by atoms with E-state index in [1.807, 2.05) is 0 Å². The monoisotopic (exact) mass is 216 g/mol. The molecule has 0 aliphatic carbocycles. The first kappa shape index (κ1) is 13.4. The molecule has 2 amide bonds. The maximum Gasteiger partial charge on any atom is 0.310 e. The van der Waals surface area contributed by atoms with Crippen LogP contribution in [0.3, 0.4) is 0 Å². The molecule has 0 rings (SSSR count). The predicted molar refractivity (Wildman–Crippen MR) is 52.6 cm³/mol. The van der Waals surface area contributed by atoms with Gasteiger partial charge in [0, 0.05) is 19.4 Å². The Morgan fingerprint density at radius 1 is 1.33 bits per heavy atom. The van der Waals surface area contributed by atoms with Gasteiger partial charge < -0.3 is 15.8 Å². The van der Waals surface area contributed by atoms with Gasteiger partial charge in [0.25, 0.3) is 0 Å². The Kier molecular flexibility index (Phi) is 6.08. The van der Waals surface area contributed by atoms with Crippen molar-refractivity contribution in [3.8, 4) is 0 Å². The molecule has 0 heterocycles. The van der Waals surface area contributed by atoms with Crippen LogP contribution in [0.15, 0.2) is 0 Å². The standard InChI is InChI=1S/C9H16N2O4/c1-6(9(14)15-2)5-11-8(13)4-3-7(10)12/h6H,3-5H2,1-2H3,(H2,10,12)(H,11,13). The minimum absolute atomic E-state index is 0.0123. The predicted octanol–water partition coefficient (Wildman–Crippen LogP) is -0.823. The number of carbonyl (C=O) groups is 3. The van der Waals surface area contributed by atoms with E-state index < -0.39 is 11.8 Å². The highest BCUT2D eigenvalue weighted by atomic mass is 16.5. The van der Waals surface area contributed by atoms with Gasteiger partial charge in [0.2, 0.25) is 11.8 Å². The van der Waals surface area contributed by atoms with Gasteiger partial charge in [-0.25, -0.2) is 0 Å². The lowest BCUT2D eigenvalue weighted by Gasteiger charge is -2.09. The average Bonchev–Trinajstić information content (AvgIpc) is 2.21. The minimum Gasteiger partial charge on any atom is -0.469 e. The van der Waals surface area contributed by atoms with Gasteiger partial charge in [-0.2, -0.15) is 0 Å². The van der Waals surface area contributed by atoms with Gasteiger partial charge in [-0.05, 0) is 0 Å². The van der Waals surface area contributed by atoms with Crippen molar-refractivity contribution in [3.05, 3.63) is 0 Å². The number of hydrogen-bond acceptors (Lipinski definition) is 4. The normalized spacial score (nSPS) is 11.6. The van der Waals surface area contributed by atoms with Crippen LogP contribution >= 0.6 is 0 Å². The first-order valence-electron chi connectivity index (χ1n) is 4.60. The van der Waals surface area contributed by atoms with E-state index in [-0.39, 0.29) is 31.3 Å². The van der Waals surface area contributed by atoms with Crippen LogP contribution in [0, 0.1) is 5.92 Å². The fraction of sp³-hybridized carbons (Fsp3) is 0.667. The number of carbonyl (C=O) groups excluding carboxylic acids is 3. The molecular weight excluding hydrogens is 200 g/mol. The molecule has 6 nitrogen and oxygen atoms in total. The second-order valence-electron chi connectivity index (χ2n) is 3.19. The molecule has 0 spiro atoms. The molecule has 0 fully saturated rings. The van der Waals surface area contributed by atoms with Gasteiger partial charge in [-0.1, -0.05) is 6.92 Å². The fourth-order valence-corrected chi connectivity index (χ4v) is 0.877. The molecule has 0 aliphatic rings. The van der Waals surface area contributed by atoms with Crippen molar-refractivity contribution in [2.45, 2.75) is 19.8 Å². The van der Waals surface area contributed by atoms with Crippen LogP contribution in [0.1, 0.15) is 19.8 Å². The molecule has 1 unspecified atom stereocenters. The van der Waals surface area contributed by atoms with E-state index in [0.717, 1.165) is 0 Å². The number of nitrogens with one attached hydrogen (secondary N) is 1. The zero-order chi connectivity index (χ0) is 11.8. The number of hydrogen-bond donors (Lipinski definition) is 2. The smallest absolute Gasteiger partial charge is 0.310 e. The van der Waals surface area contributed by atoms with Gasteiger partial charge in [0.1, 0.15) is 0 Å². The summed E-state index contributed by atoms with van der Waals surface area (Å²) in [6, 6.07) is 0. The molecule has 86 valence electrons. The Balaban J connectivity index is 3.71. The summed E-state index contributed by atoms with van der Waals surface area (Å²) >= 11 is 0. The van der Waals surface area contributed by atoms with E-state index in [9.17, 15) is 14.4 Å². The highest BCUT2D eigenvalue weighted by Gasteiger charge is 2.14. The lowest BCUT2D eigenvalue weighted by molar-refractivity contribution is -0.144. The zero-order valence-electron chi connectivity index (χ0n) is 8.91. The second kappa shape index (κ2) is 6.80. The van der Waals surface area contributed by atoms with Gasteiger partial charge in [-0.15, -0.1) is 0 Å². The van der Waals surface area contributed by atoms with Crippen LogP contribution < -0.4 is 11.1 Å². The highest BCUT2D eigenvalue weighted by molar-refractivity contribution is 5.83. The molecular formula is C9H16N2O4. The van der Waals surface area contributed by atoms with E-state index in [4.69, 9.17) is 5.73 Å². The van der Waals surface area contributed by atoms with Gasteiger partial charge in [0.15, 0.2) is 0 Å². The van der Waals surface area contributed by atoms with Crippen molar-refractivity contribution in [2.24, 2.45) is 11.7 Å². The molecule has 6 heteroatoms. The number of nitrogens with two attached hydrogens (primary N) is 1. The van der Waals surface area contributed by atoms with Gasteiger partial charge in [0.05, 0.1) is 13.0 Å². The molecule has 3 N–H and O–H groups in total. The van der Waals surface area contributed by atoms with E-state index in [0.29, 0.717) is 0 Å². The van der Waals surface area contributed by atoms with Crippen molar-refractivity contribution >= 4 is 17.8 Å². The van der Waals surface area contributed by atoms with Gasteiger partial charge >= 0.3 is 5.97 Å². The number of methoxy groups -OCH3 is 1. The average molecular weight is 216 g/mol. The molecule has 0 saturated carbocycles. The van der Waals surface area contributed by atoms with Crippen LogP contribution in [0.2, 0.25) is 0 Å². The summed E-state index contributed by atoms with van der Waals surface area (Å²) in [6.45, 7) is 1.84. The van der Waals surface area contributed by atoms with Crippen molar-refractivity contribution in [1.29, 1.82) is 0 Å². The maximum atomic E-state index is 11.1. The Morgan fingerprint density at radius 2 is 1.93 bits per heavy atom. The van der Waals surface area contributed by atoms with Crippen molar-refractivity contribution < 1.29 is 19.1 Å². The third-order valence-electron chi connectivity index (χ3n) is 1.81. The summed E-state index contributed by atoms with van der Waals surface area (Å²) in [4.78, 5) is 32.4. The van der Waals surface area contributed by atoms with Crippen LogP contribution in [-0.2, 0) is 19.1 Å². The summed E-state index contributed by atoms with van der Waals surface area (Å²) < 4.78 is 4.48. The second-order valence-corrected chi connectivity index (χ2v) is 3.19. The van der Waals surface area contributed by atoms with Crippen LogP contribution in [0.4, 0.5) is 0 Å². The summed E-state index contributed by atoms with van der Waals surface area (Å²) in [5.74, 6) is -1.60. The Hall–Kier alpha value is -1.59. The number of amides is 2. The third kappa shape index (κ3) is 6.48. The molecule has 1 atom stereocenters. The Labute approximate surface area is 88.1 Å². The largest absolute Gasteiger partial charge is 0.469 e. The quantitative estimate of drug-likeness (QED) is 0.566. The summed E-state index contributed by atoms with van der Waals surface area (Å²) in [5.41, 5.74) is 4.87. The number of esters is 1. The summed E-state index contributed by atoms with van der Waals surface area (Å²) in [5, 5.41) is 2.51. The first-order chi connectivity index (χ1) is 6.97. The van der Waals surface area contributed by atoms with Crippen LogP contribution in [0.25, 0.3) is 0 Å². The highest BCUT2D eigenvalue weighted by Crippen LogP contribution is 1.96. The van der Waals surface area contributed by atoms with Crippen molar-refractivity contribution in [1.82, 2.24) is 5.32 Å². The zero-order valence-corrected chi connectivity index (χ0v) is 8.91. The molecule has 15 heavy (non-hydrogen) atoms. The molecule has 0 aromatic rings. The van der Waals surface area contributed by atoms with Crippen molar-refractivity contribution in [3.63, 3.8) is 0 Å². The molecule has 0 aliphatic heterocycles. The van der Waals surface area contributed by atoms with E-state index in [2.05, 4.69) is 10.1 Å². The molecule has 0 aromatic carbocycles. The molecule has 0 aromatic heterocycles. The fourth-order valence-electron chi connectivity index (χ4n) is 0.877. The van der Waals surface area contributed by atoms with E-state index in [1.165, 1.54) is 7.11 Å². The summed E-state index contributed by atoms with van der Waals surface area (Å²) in [6.07, 6.45) is 0.0572. The molecule has 0 saturated heterocycles. The van der Waals surface area contributed by atoms with Gasteiger partial charge in [-0.3, -0.25) is 14.4 Å². The maximum absolute atomic E-state index is 11.1. The number of primary amides is 1. The minimum atomic E-state index is -0.522. The van der Waals surface area contributed by atoms with Crippen molar-refractivity contribution in [2.75, 3.05) is 13.7 Å². The van der Waals surface area contributed by atoms with Crippen LogP contribution in [-0.4, -0.2) is 31.4 Å². The lowest BCUT2D eigenvalue weighted by atomic mass is 10.2. The number of ether oxygens (including phenoxy) is 1. The molecule has 0 radical (unpaired) electrons. The number of rotatable bonds is 6. The molecule has 0 bridgehead atoms. The topological polar surface area (TPSA) is 98.5 Å². The van der Waals surface area contributed by atoms with E-state index >= 15 is 0 Å². The SMILES string of the molecule is COC(=O)C(C)CNC(=O)CCC(N)=O. The summed E-state index contributed by atoms with van der Waals surface area (Å²) in [7, 11) is 1.29. The third-order valence-corrected chi connectivity index (χ3v) is 1.81. The lowest BCUT2D eigenvalue weighted by Crippen LogP contribution is -2.32. The first-order valence-corrected chi connectivity index (χ1v) is 4.60.